The summed E-state index contributed by atoms with van der Waals surface area (Å²) in [5.41, 5.74) is -2.57. The second-order valence-electron chi connectivity index (χ2n) is 10.7. The van der Waals surface area contributed by atoms with Crippen LogP contribution in [0.3, 0.4) is 0 Å². The minimum Gasteiger partial charge on any atom is -0.490 e. The smallest absolute Gasteiger partial charge is 0.420 e. The SMILES string of the molecule is CNc1ncccc1CN1CCOc2c(C(F)(F)F)c(-c3ccc(F)c4sc(NC(C)C)c(C#N)c34)c(F)c3nc(OC)nc1c23. The molecule has 0 amide bonds. The lowest BCUT2D eigenvalue weighted by atomic mass is 9.91. The summed E-state index contributed by atoms with van der Waals surface area (Å²) in [7, 11) is 2.94. The first-order valence-corrected chi connectivity index (χ1v) is 14.9. The Morgan fingerprint density at radius 2 is 1.96 bits per heavy atom. The van der Waals surface area contributed by atoms with Gasteiger partial charge < -0.3 is 25.0 Å². The van der Waals surface area contributed by atoms with Crippen LogP contribution in [0.15, 0.2) is 30.5 Å². The van der Waals surface area contributed by atoms with Gasteiger partial charge in [-0.25, -0.2) is 13.8 Å². The number of nitriles is 1. The topological polar surface area (TPSA) is 108 Å². The minimum absolute atomic E-state index is 0.0304. The van der Waals surface area contributed by atoms with Gasteiger partial charge in [0, 0.05) is 42.3 Å². The van der Waals surface area contributed by atoms with Crippen molar-refractivity contribution in [3.05, 3.63) is 58.8 Å². The fourth-order valence-electron chi connectivity index (χ4n) is 5.62. The Hall–Kier alpha value is -4.97. The average molecular weight is 656 g/mol. The van der Waals surface area contributed by atoms with Crippen LogP contribution in [0.4, 0.5) is 38.6 Å². The Balaban J connectivity index is 1.71. The van der Waals surface area contributed by atoms with Gasteiger partial charge in [0.15, 0.2) is 5.82 Å². The van der Waals surface area contributed by atoms with E-state index < -0.39 is 40.2 Å². The first-order valence-electron chi connectivity index (χ1n) is 14.1. The first-order chi connectivity index (χ1) is 22.0. The van der Waals surface area contributed by atoms with Crippen LogP contribution in [0.25, 0.3) is 32.1 Å². The monoisotopic (exact) mass is 655 g/mol. The Morgan fingerprint density at radius 1 is 1.17 bits per heavy atom. The molecule has 0 saturated carbocycles. The molecule has 1 aliphatic rings. The lowest BCUT2D eigenvalue weighted by Gasteiger charge is -2.24. The molecule has 238 valence electrons. The second kappa shape index (κ2) is 11.8. The van der Waals surface area contributed by atoms with E-state index in [1.54, 1.807) is 44.1 Å². The van der Waals surface area contributed by atoms with Crippen molar-refractivity contribution in [1.29, 1.82) is 5.26 Å². The van der Waals surface area contributed by atoms with Gasteiger partial charge in [0.25, 0.3) is 0 Å². The highest BCUT2D eigenvalue weighted by atomic mass is 32.1. The van der Waals surface area contributed by atoms with Crippen molar-refractivity contribution in [2.24, 2.45) is 0 Å². The summed E-state index contributed by atoms with van der Waals surface area (Å²) in [5.74, 6) is -2.28. The van der Waals surface area contributed by atoms with E-state index in [4.69, 9.17) is 9.47 Å². The molecule has 3 aromatic heterocycles. The van der Waals surface area contributed by atoms with Crippen molar-refractivity contribution in [2.45, 2.75) is 32.6 Å². The fourth-order valence-corrected chi connectivity index (χ4v) is 6.84. The Bertz CT molecular complexity index is 2040. The number of hydrogen-bond donors (Lipinski definition) is 2. The van der Waals surface area contributed by atoms with Crippen LogP contribution < -0.4 is 25.0 Å². The molecule has 5 aromatic rings. The molecule has 15 heteroatoms. The predicted octanol–water partition coefficient (Wildman–Crippen LogP) is 7.34. The van der Waals surface area contributed by atoms with Crippen molar-refractivity contribution >= 4 is 49.0 Å². The third-order valence-corrected chi connectivity index (χ3v) is 8.58. The van der Waals surface area contributed by atoms with Crippen LogP contribution in [0, 0.1) is 23.0 Å². The highest BCUT2D eigenvalue weighted by molar-refractivity contribution is 7.23. The van der Waals surface area contributed by atoms with Crippen LogP contribution in [0.2, 0.25) is 0 Å². The Kier molecular flexibility index (Phi) is 7.93. The molecular weight excluding hydrogens is 629 g/mol. The number of benzene rings is 2. The number of alkyl halides is 3. The van der Waals surface area contributed by atoms with Crippen molar-refractivity contribution in [3.63, 3.8) is 0 Å². The third-order valence-electron chi connectivity index (χ3n) is 7.46. The number of methoxy groups -OCH3 is 1. The summed E-state index contributed by atoms with van der Waals surface area (Å²) < 4.78 is 88.7. The number of thiophene rings is 1. The highest BCUT2D eigenvalue weighted by Gasteiger charge is 2.44. The van der Waals surface area contributed by atoms with E-state index in [0.29, 0.717) is 11.4 Å². The highest BCUT2D eigenvalue weighted by Crippen LogP contribution is 2.53. The van der Waals surface area contributed by atoms with Gasteiger partial charge in [-0.3, -0.25) is 0 Å². The molecule has 0 bridgehead atoms. The van der Waals surface area contributed by atoms with Crippen molar-refractivity contribution in [1.82, 2.24) is 15.0 Å². The van der Waals surface area contributed by atoms with Gasteiger partial charge in [-0.05, 0) is 31.5 Å². The maximum atomic E-state index is 16.9. The predicted molar refractivity (Wildman–Crippen MR) is 166 cm³/mol. The molecule has 0 radical (unpaired) electrons. The third kappa shape index (κ3) is 5.12. The molecule has 4 heterocycles. The number of nitrogens with one attached hydrogen (secondary N) is 2. The molecule has 0 saturated heterocycles. The zero-order chi connectivity index (χ0) is 32.9. The summed E-state index contributed by atoms with van der Waals surface area (Å²) in [5, 5.41) is 15.9. The minimum atomic E-state index is -5.16. The van der Waals surface area contributed by atoms with Crippen LogP contribution >= 0.6 is 11.3 Å². The van der Waals surface area contributed by atoms with E-state index in [0.717, 1.165) is 23.5 Å². The summed E-state index contributed by atoms with van der Waals surface area (Å²) in [4.78, 5) is 14.5. The van der Waals surface area contributed by atoms with E-state index in [1.165, 1.54) is 7.11 Å². The van der Waals surface area contributed by atoms with E-state index >= 15 is 22.0 Å². The van der Waals surface area contributed by atoms with Crippen LogP contribution in [-0.4, -0.2) is 48.3 Å². The van der Waals surface area contributed by atoms with Crippen LogP contribution in [0.1, 0.15) is 30.5 Å². The lowest BCUT2D eigenvalue weighted by molar-refractivity contribution is -0.138. The van der Waals surface area contributed by atoms with Gasteiger partial charge in [0.05, 0.1) is 29.3 Å². The summed E-state index contributed by atoms with van der Waals surface area (Å²) in [6, 6.07) is 7.01. The molecular formula is C31H26F5N7O2S. The maximum Gasteiger partial charge on any atom is 0.420 e. The van der Waals surface area contributed by atoms with Crippen molar-refractivity contribution in [2.75, 3.05) is 42.8 Å². The largest absolute Gasteiger partial charge is 0.490 e. The Morgan fingerprint density at radius 3 is 2.63 bits per heavy atom. The van der Waals surface area contributed by atoms with Crippen molar-refractivity contribution in [3.8, 4) is 29.0 Å². The Labute approximate surface area is 263 Å². The molecule has 2 N–H and O–H groups in total. The fraction of sp³-hybridized carbons (Fsp3) is 0.290. The molecule has 0 unspecified atom stereocenters. The molecule has 1 aliphatic heterocycles. The van der Waals surface area contributed by atoms with Gasteiger partial charge in [0.2, 0.25) is 0 Å². The lowest BCUT2D eigenvalue weighted by Crippen LogP contribution is -2.28. The van der Waals surface area contributed by atoms with Gasteiger partial charge in [-0.15, -0.1) is 11.3 Å². The number of hydrogen-bond acceptors (Lipinski definition) is 10. The quantitative estimate of drug-likeness (QED) is 0.174. The zero-order valence-electron chi connectivity index (χ0n) is 24.9. The molecule has 0 atom stereocenters. The summed E-state index contributed by atoms with van der Waals surface area (Å²) in [6.45, 7) is 3.57. The summed E-state index contributed by atoms with van der Waals surface area (Å²) in [6.07, 6.45) is -3.56. The zero-order valence-corrected chi connectivity index (χ0v) is 25.8. The van der Waals surface area contributed by atoms with E-state index in [1.807, 2.05) is 6.07 Å². The number of nitrogens with zero attached hydrogens (tertiary/aromatic N) is 5. The van der Waals surface area contributed by atoms with Crippen LogP contribution in [0.5, 0.6) is 11.8 Å². The molecule has 2 aromatic carbocycles. The molecule has 0 aliphatic carbocycles. The number of pyridine rings is 1. The van der Waals surface area contributed by atoms with E-state index in [9.17, 15) is 5.26 Å². The van der Waals surface area contributed by atoms with Gasteiger partial charge in [0.1, 0.15) is 52.0 Å². The summed E-state index contributed by atoms with van der Waals surface area (Å²) >= 11 is 0.866. The van der Waals surface area contributed by atoms with E-state index in [-0.39, 0.29) is 69.2 Å². The molecule has 0 spiro atoms. The average Bonchev–Trinajstić information content (AvgIpc) is 3.29. The first kappa shape index (κ1) is 31.0. The van der Waals surface area contributed by atoms with Gasteiger partial charge >= 0.3 is 12.2 Å². The molecule has 0 fully saturated rings. The van der Waals surface area contributed by atoms with Crippen LogP contribution in [-0.2, 0) is 12.7 Å². The maximum absolute atomic E-state index is 16.9. The molecule has 6 rings (SSSR count). The number of fused-ring (bicyclic) bond motifs is 1. The molecule has 9 nitrogen and oxygen atoms in total. The van der Waals surface area contributed by atoms with Crippen molar-refractivity contribution < 1.29 is 31.4 Å². The number of halogens is 5. The molecule has 46 heavy (non-hydrogen) atoms. The second-order valence-corrected chi connectivity index (χ2v) is 11.7. The number of ether oxygens (including phenoxy) is 2. The van der Waals surface area contributed by atoms with Gasteiger partial charge in [-0.1, -0.05) is 12.1 Å². The van der Waals surface area contributed by atoms with Gasteiger partial charge in [-0.2, -0.15) is 28.4 Å². The van der Waals surface area contributed by atoms with E-state index in [2.05, 4.69) is 25.6 Å². The standard InChI is InChI=1S/C31H26F5N7O2S/c1-14(2)40-29-17(12-37)19-16(7-8-18(32)26(19)46-29)20-22(31(34,35)36)25-21-24(23(20)33)41-30(44-4)42-28(21)43(10-11-45-25)13-15-6-5-9-39-27(15)38-3/h5-9,14,40H,10-11,13H2,1-4H3,(H,38,39). The number of aromatic nitrogens is 3. The number of anilines is 3. The number of rotatable bonds is 7. The normalized spacial score (nSPS) is 13.1.